The molecule has 0 aliphatic carbocycles. The number of para-hydroxylation sites is 2. The molecule has 0 aromatic heterocycles. The molecule has 4 aromatic carbocycles. The fourth-order valence-corrected chi connectivity index (χ4v) is 14.1. The van der Waals surface area contributed by atoms with E-state index >= 15 is 0 Å². The third-order valence-corrected chi connectivity index (χ3v) is 20.4. The van der Waals surface area contributed by atoms with Crippen LogP contribution >= 0.6 is 0 Å². The number of carboxylic acid groups (broad SMARTS) is 2. The Morgan fingerprint density at radius 1 is 0.318 bits per heavy atom. The molecule has 0 atom stereocenters. The van der Waals surface area contributed by atoms with Crippen molar-refractivity contribution < 1.29 is 56.7 Å². The van der Waals surface area contributed by atoms with Crippen LogP contribution in [0.25, 0.3) is 0 Å². The molecule has 0 aliphatic heterocycles. The first kappa shape index (κ1) is 99.0. The Kier molecular flexibility index (Phi) is 62.9. The largest absolute Gasteiger partial charge is 2.00 e. The number of carboxylic acids is 2. The Morgan fingerprint density at radius 3 is 0.897 bits per heavy atom. The van der Waals surface area contributed by atoms with E-state index in [0.29, 0.717) is 36.8 Å². The van der Waals surface area contributed by atoms with Crippen molar-refractivity contribution >= 4 is 34.7 Å². The summed E-state index contributed by atoms with van der Waals surface area (Å²) in [6, 6.07) is 20.5. The number of aromatic hydroxyl groups is 2. The van der Waals surface area contributed by atoms with Gasteiger partial charge >= 0.3 is 28.4 Å². The number of carbonyl (C=O) groups is 2. The maximum Gasteiger partial charge on any atom is 2.00 e. The van der Waals surface area contributed by atoms with Crippen molar-refractivity contribution in [2.75, 3.05) is 0 Å². The van der Waals surface area contributed by atoms with Crippen LogP contribution in [-0.2, 0) is 55.0 Å². The molecule has 4 rings (SSSR count). The molecule has 11 heteroatoms. The van der Waals surface area contributed by atoms with Gasteiger partial charge in [0.05, 0.1) is 33.9 Å². The van der Waals surface area contributed by atoms with E-state index < -0.39 is 34.9 Å². The molecule has 0 unspecified atom stereocenters. The summed E-state index contributed by atoms with van der Waals surface area (Å²) in [4.78, 5) is 33.5. The summed E-state index contributed by atoms with van der Waals surface area (Å²) in [7, 11) is 0. The van der Waals surface area contributed by atoms with Crippen LogP contribution in [0, 0.1) is 23.7 Å². The number of hydrogen-bond donors (Lipinski definition) is 4. The van der Waals surface area contributed by atoms with E-state index in [-0.39, 0.29) is 27.6 Å². The fourth-order valence-electron chi connectivity index (χ4n) is 14.1. The van der Waals surface area contributed by atoms with Crippen LogP contribution in [0.4, 0.5) is 11.4 Å². The molecule has 4 N–H and O–H groups in total. The van der Waals surface area contributed by atoms with Gasteiger partial charge in [0.1, 0.15) is 11.5 Å². The van der Waals surface area contributed by atoms with Crippen LogP contribution in [0.1, 0.15) is 431 Å². The molecule has 0 fully saturated rings. The first-order chi connectivity index (χ1) is 51.8. The number of aliphatic imine (C=N–C) groups is 2. The second-order valence-corrected chi connectivity index (χ2v) is 29.9. The molecule has 0 saturated heterocycles. The van der Waals surface area contributed by atoms with Gasteiger partial charge in [-0.15, -0.1) is 23.7 Å². The summed E-state index contributed by atoms with van der Waals surface area (Å²) in [5.74, 6) is 9.12. The summed E-state index contributed by atoms with van der Waals surface area (Å²) in [5, 5.41) is 61.1. The number of aryl methyl sites for hydroxylation is 4. The number of aromatic carboxylic acids is 2. The normalized spacial score (nSPS) is 11.2. The van der Waals surface area contributed by atoms with Gasteiger partial charge in [-0.25, -0.2) is 9.59 Å². The number of phenols is 2. The van der Waals surface area contributed by atoms with Crippen molar-refractivity contribution in [1.29, 1.82) is 0 Å². The van der Waals surface area contributed by atoms with Crippen molar-refractivity contribution in [1.82, 2.24) is 0 Å². The molecular weight excluding hydrogens is 1370 g/mol. The number of nitrogens with zero attached hydrogens (tertiary/aromatic N) is 2. The Bertz CT molecular complexity index is 3040. The number of hydrogen-bond acceptors (Lipinski definition) is 8. The SMILES string of the molecule is CCCCCCCCCCCCCCCCCC#CCCc1ccccc1N=C(CCCC)C(CCCCCC)=Nc1ccccc1CCC#CCCCCCCCCCCCCCCCCC.CCCCCc1cc(O)c([O-])c(C(=O)O)c1CCC.CCCCCc1cc(O)c([O-])c(C(=O)O)c1CCC.[Ni+2]. The third kappa shape index (κ3) is 46.3. The molecule has 0 spiro atoms. The van der Waals surface area contributed by atoms with E-state index in [1.165, 1.54) is 247 Å². The zero-order valence-electron chi connectivity index (χ0n) is 69.0. The monoisotopic (exact) mass is 1520 g/mol. The van der Waals surface area contributed by atoms with Crippen LogP contribution in [0.5, 0.6) is 23.0 Å². The van der Waals surface area contributed by atoms with E-state index in [9.17, 15) is 40.2 Å². The van der Waals surface area contributed by atoms with Crippen molar-refractivity contribution in [2.24, 2.45) is 9.98 Å². The summed E-state index contributed by atoms with van der Waals surface area (Å²) in [6.45, 7) is 17.3. The van der Waals surface area contributed by atoms with Gasteiger partial charge in [0, 0.05) is 25.7 Å². The van der Waals surface area contributed by atoms with Crippen LogP contribution in [-0.4, -0.2) is 43.8 Å². The molecule has 107 heavy (non-hydrogen) atoms. The summed E-state index contributed by atoms with van der Waals surface area (Å²) in [5.41, 5.74) is 9.42. The van der Waals surface area contributed by atoms with Crippen LogP contribution < -0.4 is 10.2 Å². The first-order valence-corrected chi connectivity index (χ1v) is 43.6. The molecule has 0 radical (unpaired) electrons. The molecule has 0 bridgehead atoms. The molecule has 4 aromatic rings. The quantitative estimate of drug-likeness (QED) is 0.0146. The van der Waals surface area contributed by atoms with Crippen molar-refractivity contribution in [3.63, 3.8) is 0 Å². The first-order valence-electron chi connectivity index (χ1n) is 43.6. The van der Waals surface area contributed by atoms with Gasteiger partial charge in [-0.05, 0) is 148 Å². The minimum absolute atomic E-state index is 0. The van der Waals surface area contributed by atoms with Gasteiger partial charge < -0.3 is 30.6 Å². The summed E-state index contributed by atoms with van der Waals surface area (Å²) < 4.78 is 0. The Balaban J connectivity index is 0.00000118. The third-order valence-electron chi connectivity index (χ3n) is 20.4. The van der Waals surface area contributed by atoms with Gasteiger partial charge in [-0.1, -0.05) is 347 Å². The van der Waals surface area contributed by atoms with Gasteiger partial charge in [-0.3, -0.25) is 9.98 Å². The summed E-state index contributed by atoms with van der Waals surface area (Å²) in [6.07, 6.45) is 67.2. The van der Waals surface area contributed by atoms with E-state index in [2.05, 4.69) is 114 Å². The maximum absolute atomic E-state index is 11.8. The average molecular weight is 1520 g/mol. The predicted octanol–water partition coefficient (Wildman–Crippen LogP) is 27.8. The number of phenolic OH excluding ortho intramolecular Hbond substituents is 2. The smallest absolute Gasteiger partial charge is 0.869 e. The number of rotatable bonds is 59. The van der Waals surface area contributed by atoms with Crippen LogP contribution in [0.15, 0.2) is 70.6 Å². The van der Waals surface area contributed by atoms with Gasteiger partial charge in [0.25, 0.3) is 0 Å². The molecule has 10 nitrogen and oxygen atoms in total. The standard InChI is InChI=1S/C66H108N2.2C15H22O4.Ni/c1-5-9-13-16-18-20-22-24-26-28-30-32-34-36-38-40-42-44-46-53-61-55-49-51-58-63(61)67-65(57-12-8-4)66(60-48-15-11-7-3)68-64-59-52-50-56-62(64)54-47-45-43-41-39-37-35-33-31-29-27-25-23-21-19-17-14-10-6-2;2*1-3-5-6-8-10-9-12(16)14(17)13(15(18)19)11(10)7-4-2;/h49-52,55-56,58-59H,5-41,46-48,53-54,57,60H2,1-4H3;2*9,16-17H,3-8H2,1-2H3,(H,18,19);/q;;;+2/p-2. The molecule has 0 aliphatic rings. The predicted molar refractivity (Wildman–Crippen MR) is 450 cm³/mol. The minimum atomic E-state index is -1.25. The Hall–Kier alpha value is -6.03. The fraction of sp³-hybridized carbons (Fsp3) is 0.667. The second-order valence-electron chi connectivity index (χ2n) is 29.9. The van der Waals surface area contributed by atoms with Gasteiger partial charge in [-0.2, -0.15) is 0 Å². The van der Waals surface area contributed by atoms with Gasteiger partial charge in [0.15, 0.2) is 0 Å². The maximum atomic E-state index is 11.8. The van der Waals surface area contributed by atoms with Crippen LogP contribution in [0.3, 0.4) is 0 Å². The van der Waals surface area contributed by atoms with E-state index in [1.54, 1.807) is 0 Å². The zero-order valence-corrected chi connectivity index (χ0v) is 70.0. The minimum Gasteiger partial charge on any atom is -0.869 e. The van der Waals surface area contributed by atoms with Crippen molar-refractivity contribution in [3.8, 4) is 46.7 Å². The summed E-state index contributed by atoms with van der Waals surface area (Å²) >= 11 is 0. The molecular formula is C96H150N2NiO8. The Morgan fingerprint density at radius 2 is 0.589 bits per heavy atom. The molecule has 0 saturated carbocycles. The zero-order chi connectivity index (χ0) is 77.3. The van der Waals surface area contributed by atoms with E-state index in [4.69, 9.17) is 9.98 Å². The van der Waals surface area contributed by atoms with E-state index in [0.717, 1.165) is 144 Å². The van der Waals surface area contributed by atoms with E-state index in [1.807, 2.05) is 13.8 Å². The molecule has 602 valence electrons. The molecule has 0 heterocycles. The second kappa shape index (κ2) is 68.0. The topological polar surface area (TPSA) is 186 Å². The van der Waals surface area contributed by atoms with Gasteiger partial charge in [0.2, 0.25) is 0 Å². The number of unbranched alkanes of at least 4 members (excludes halogenated alkanes) is 38. The Labute approximate surface area is 664 Å². The van der Waals surface area contributed by atoms with Crippen molar-refractivity contribution in [3.05, 3.63) is 105 Å². The number of benzene rings is 4. The van der Waals surface area contributed by atoms with Crippen molar-refractivity contribution in [2.45, 2.75) is 415 Å². The molecule has 0 amide bonds. The van der Waals surface area contributed by atoms with Crippen LogP contribution in [0.2, 0.25) is 0 Å². The average Bonchev–Trinajstić information content (AvgIpc) is 0.806.